The van der Waals surface area contributed by atoms with Gasteiger partial charge in [0.1, 0.15) is 5.69 Å². The molecule has 1 saturated heterocycles. The van der Waals surface area contributed by atoms with Gasteiger partial charge in [-0.15, -0.1) is 11.8 Å². The van der Waals surface area contributed by atoms with Crippen LogP contribution in [-0.4, -0.2) is 43.1 Å². The maximum absolute atomic E-state index is 13.6. The summed E-state index contributed by atoms with van der Waals surface area (Å²) in [4.78, 5) is 14.1. The number of aromatic nitrogens is 1. The Morgan fingerprint density at radius 3 is 2.69 bits per heavy atom. The van der Waals surface area contributed by atoms with E-state index in [4.69, 9.17) is 4.52 Å². The molecule has 3 aromatic rings. The number of amides is 1. The van der Waals surface area contributed by atoms with Gasteiger partial charge in [-0.25, -0.2) is 8.42 Å². The van der Waals surface area contributed by atoms with E-state index in [1.807, 2.05) is 61.7 Å². The van der Waals surface area contributed by atoms with Crippen LogP contribution in [0.4, 0.5) is 5.69 Å². The van der Waals surface area contributed by atoms with Crippen molar-refractivity contribution in [2.75, 3.05) is 24.7 Å². The largest absolute Gasteiger partial charge is 0.355 e. The molecule has 2 aromatic carbocycles. The van der Waals surface area contributed by atoms with E-state index < -0.39 is 15.9 Å². The Bertz CT molecular complexity index is 1330. The summed E-state index contributed by atoms with van der Waals surface area (Å²) in [6, 6.07) is 15.5. The number of anilines is 1. The molecule has 184 valence electrons. The number of thioether (sulfide) groups is 1. The number of carbonyl (C=O) groups excluding carboxylic acids is 1. The van der Waals surface area contributed by atoms with E-state index in [2.05, 4.69) is 10.5 Å². The highest BCUT2D eigenvalue weighted by Gasteiger charge is 2.37. The molecule has 4 rings (SSSR count). The smallest absolute Gasteiger partial charge is 0.248 e. The van der Waals surface area contributed by atoms with Crippen molar-refractivity contribution in [2.45, 2.75) is 36.5 Å². The van der Waals surface area contributed by atoms with E-state index in [9.17, 15) is 13.2 Å². The Morgan fingerprint density at radius 1 is 1.17 bits per heavy atom. The first-order valence-electron chi connectivity index (χ1n) is 11.4. The van der Waals surface area contributed by atoms with Crippen LogP contribution >= 0.6 is 11.8 Å². The lowest BCUT2D eigenvalue weighted by Gasteiger charge is -2.31. The number of carbonyl (C=O) groups is 1. The van der Waals surface area contributed by atoms with Crippen molar-refractivity contribution in [1.29, 1.82) is 0 Å². The maximum atomic E-state index is 13.6. The monoisotopic (exact) mass is 511 g/mol. The van der Waals surface area contributed by atoms with Crippen molar-refractivity contribution in [3.05, 3.63) is 71.1 Å². The standard InChI is InChI=1S/C26H29N3O4S2/c1-18-9-11-20(12-10-18)13-14-24-25(19(2)28-33-24)35(31,32)29-15-5-6-21(17-29)26(30)27-22-7-4-8-23(16-22)34-3/h4,7-14,16,21H,5-6,15,17H2,1-3H3,(H,27,30). The van der Waals surface area contributed by atoms with Crippen LogP contribution in [0, 0.1) is 19.8 Å². The number of benzene rings is 2. The molecule has 35 heavy (non-hydrogen) atoms. The lowest BCUT2D eigenvalue weighted by atomic mass is 9.99. The number of piperidine rings is 1. The van der Waals surface area contributed by atoms with E-state index in [0.717, 1.165) is 16.0 Å². The number of aryl methyl sites for hydroxylation is 2. The first-order valence-corrected chi connectivity index (χ1v) is 14.1. The van der Waals surface area contributed by atoms with Crippen molar-refractivity contribution in [3.63, 3.8) is 0 Å². The Labute approximate surface area is 210 Å². The van der Waals surface area contributed by atoms with Crippen LogP contribution in [0.3, 0.4) is 0 Å². The van der Waals surface area contributed by atoms with Crippen LogP contribution in [0.1, 0.15) is 35.4 Å². The molecule has 1 aromatic heterocycles. The van der Waals surface area contributed by atoms with Crippen molar-refractivity contribution in [1.82, 2.24) is 9.46 Å². The summed E-state index contributed by atoms with van der Waals surface area (Å²) >= 11 is 1.59. The normalized spacial score (nSPS) is 17.1. The molecule has 1 unspecified atom stereocenters. The van der Waals surface area contributed by atoms with Crippen LogP contribution in [0.5, 0.6) is 0 Å². The molecule has 9 heteroatoms. The summed E-state index contributed by atoms with van der Waals surface area (Å²) in [6.45, 7) is 4.08. The fourth-order valence-corrected chi connectivity index (χ4v) is 6.33. The number of rotatable bonds is 7. The Balaban J connectivity index is 1.52. The Kier molecular flexibility index (Phi) is 7.78. The lowest BCUT2D eigenvalue weighted by molar-refractivity contribution is -0.120. The predicted molar refractivity (Wildman–Crippen MR) is 140 cm³/mol. The van der Waals surface area contributed by atoms with Gasteiger partial charge in [0.05, 0.1) is 5.92 Å². The van der Waals surface area contributed by atoms with E-state index in [1.165, 1.54) is 4.31 Å². The van der Waals surface area contributed by atoms with Gasteiger partial charge in [0.2, 0.25) is 15.9 Å². The number of hydrogen-bond donors (Lipinski definition) is 1. The van der Waals surface area contributed by atoms with Crippen LogP contribution in [0.2, 0.25) is 0 Å². The van der Waals surface area contributed by atoms with Gasteiger partial charge in [-0.2, -0.15) is 4.31 Å². The summed E-state index contributed by atoms with van der Waals surface area (Å²) in [5.41, 5.74) is 3.07. The van der Waals surface area contributed by atoms with Crippen LogP contribution < -0.4 is 5.32 Å². The highest BCUT2D eigenvalue weighted by Crippen LogP contribution is 2.30. The van der Waals surface area contributed by atoms with E-state index in [0.29, 0.717) is 30.8 Å². The van der Waals surface area contributed by atoms with Gasteiger partial charge < -0.3 is 9.84 Å². The highest BCUT2D eigenvalue weighted by atomic mass is 32.2. The summed E-state index contributed by atoms with van der Waals surface area (Å²) in [7, 11) is -3.90. The van der Waals surface area contributed by atoms with Crippen molar-refractivity contribution in [3.8, 4) is 0 Å². The molecule has 0 bridgehead atoms. The second-order valence-corrected chi connectivity index (χ2v) is 11.4. The predicted octanol–water partition coefficient (Wildman–Crippen LogP) is 5.22. The van der Waals surface area contributed by atoms with Gasteiger partial charge in [-0.05, 0) is 62.8 Å². The second-order valence-electron chi connectivity index (χ2n) is 8.63. The van der Waals surface area contributed by atoms with Crippen LogP contribution in [-0.2, 0) is 14.8 Å². The summed E-state index contributed by atoms with van der Waals surface area (Å²) < 4.78 is 34.0. The topological polar surface area (TPSA) is 92.5 Å². The third kappa shape index (κ3) is 5.86. The Morgan fingerprint density at radius 2 is 1.94 bits per heavy atom. The summed E-state index contributed by atoms with van der Waals surface area (Å²) in [6.07, 6.45) is 6.63. The van der Waals surface area contributed by atoms with E-state index in [-0.39, 0.29) is 23.1 Å². The molecule has 0 radical (unpaired) electrons. The van der Waals surface area contributed by atoms with Gasteiger partial charge in [0.25, 0.3) is 0 Å². The number of nitrogens with zero attached hydrogens (tertiary/aromatic N) is 2. The molecule has 1 aliphatic heterocycles. The minimum Gasteiger partial charge on any atom is -0.355 e. The molecular weight excluding hydrogens is 482 g/mol. The van der Waals surface area contributed by atoms with Crippen molar-refractivity contribution < 1.29 is 17.7 Å². The quantitative estimate of drug-likeness (QED) is 0.437. The van der Waals surface area contributed by atoms with Crippen LogP contribution in [0.25, 0.3) is 12.2 Å². The van der Waals surface area contributed by atoms with Gasteiger partial charge >= 0.3 is 0 Å². The first-order chi connectivity index (χ1) is 16.8. The van der Waals surface area contributed by atoms with E-state index in [1.54, 1.807) is 30.8 Å². The second kappa shape index (κ2) is 10.8. The molecule has 1 N–H and O–H groups in total. The molecule has 7 nitrogen and oxygen atoms in total. The first kappa shape index (κ1) is 25.2. The minimum absolute atomic E-state index is 0.0505. The molecular formula is C26H29N3O4S2. The minimum atomic E-state index is -3.90. The van der Waals surface area contributed by atoms with E-state index >= 15 is 0 Å². The molecule has 1 fully saturated rings. The molecule has 2 heterocycles. The fourth-order valence-electron chi connectivity index (χ4n) is 4.10. The molecule has 0 spiro atoms. The molecule has 1 atom stereocenters. The maximum Gasteiger partial charge on any atom is 0.248 e. The molecule has 1 amide bonds. The Hall–Kier alpha value is -2.88. The average molecular weight is 512 g/mol. The third-order valence-electron chi connectivity index (χ3n) is 6.03. The van der Waals surface area contributed by atoms with Gasteiger partial charge in [-0.3, -0.25) is 4.79 Å². The van der Waals surface area contributed by atoms with Gasteiger partial charge in [0.15, 0.2) is 10.7 Å². The molecule has 1 aliphatic rings. The van der Waals surface area contributed by atoms with Crippen molar-refractivity contribution >= 4 is 45.5 Å². The molecule has 0 aliphatic carbocycles. The summed E-state index contributed by atoms with van der Waals surface area (Å²) in [5.74, 6) is -0.434. The van der Waals surface area contributed by atoms with Crippen molar-refractivity contribution in [2.24, 2.45) is 5.92 Å². The number of sulfonamides is 1. The lowest BCUT2D eigenvalue weighted by Crippen LogP contribution is -2.43. The summed E-state index contributed by atoms with van der Waals surface area (Å²) in [5, 5.41) is 6.86. The molecule has 0 saturated carbocycles. The zero-order chi connectivity index (χ0) is 25.0. The van der Waals surface area contributed by atoms with Gasteiger partial charge in [-0.1, -0.05) is 47.1 Å². The zero-order valence-electron chi connectivity index (χ0n) is 20.0. The number of nitrogens with one attached hydrogen (secondary N) is 1. The SMILES string of the molecule is CSc1cccc(NC(=O)C2CCCN(S(=O)(=O)c3c(C)noc3C=Cc3ccc(C)cc3)C2)c1. The average Bonchev–Trinajstić information content (AvgIpc) is 3.25. The fraction of sp³-hybridized carbons (Fsp3) is 0.308. The van der Waals surface area contributed by atoms with Gasteiger partial charge in [0, 0.05) is 23.7 Å². The zero-order valence-corrected chi connectivity index (χ0v) is 21.7. The van der Waals surface area contributed by atoms with Crippen LogP contribution in [0.15, 0.2) is 62.8 Å². The third-order valence-corrected chi connectivity index (χ3v) is 8.78. The highest BCUT2D eigenvalue weighted by molar-refractivity contribution is 7.98. The number of hydrogen-bond acceptors (Lipinski definition) is 6.